The van der Waals surface area contributed by atoms with E-state index in [0.29, 0.717) is 11.6 Å². The maximum Gasteiger partial charge on any atom is 0.244 e. The van der Waals surface area contributed by atoms with Gasteiger partial charge in [-0.15, -0.1) is 0 Å². The average molecular weight is 362 g/mol. The molecule has 0 fully saturated rings. The molecule has 1 amide bonds. The number of nitrogens with one attached hydrogen (secondary N) is 1. The molecule has 0 bridgehead atoms. The van der Waals surface area contributed by atoms with Crippen LogP contribution in [0.25, 0.3) is 6.08 Å². The minimum Gasteiger partial charge on any atom is -0.439 e. The fourth-order valence-corrected chi connectivity index (χ4v) is 2.47. The summed E-state index contributed by atoms with van der Waals surface area (Å²) in [7, 11) is 0. The Morgan fingerprint density at radius 1 is 1.11 bits per heavy atom. The van der Waals surface area contributed by atoms with E-state index in [0.717, 1.165) is 11.1 Å². The highest BCUT2D eigenvalue weighted by Gasteiger charge is 2.09. The summed E-state index contributed by atoms with van der Waals surface area (Å²) in [5.74, 6) is 0.614. The third kappa shape index (κ3) is 5.51. The molecule has 1 N–H and O–H groups in total. The molecule has 0 radical (unpaired) electrons. The molecule has 27 heavy (non-hydrogen) atoms. The Morgan fingerprint density at radius 3 is 2.67 bits per heavy atom. The summed E-state index contributed by atoms with van der Waals surface area (Å²) in [6, 6.07) is 18.7. The minimum absolute atomic E-state index is 0.206. The van der Waals surface area contributed by atoms with Crippen molar-refractivity contribution >= 4 is 12.0 Å². The van der Waals surface area contributed by atoms with Crippen LogP contribution in [0.3, 0.4) is 0 Å². The van der Waals surface area contributed by atoms with E-state index in [1.807, 2.05) is 43.3 Å². The summed E-state index contributed by atoms with van der Waals surface area (Å²) >= 11 is 0. The van der Waals surface area contributed by atoms with Gasteiger partial charge in [-0.2, -0.15) is 0 Å². The monoisotopic (exact) mass is 362 g/mol. The van der Waals surface area contributed by atoms with E-state index in [9.17, 15) is 9.18 Å². The number of carbonyl (C=O) groups is 1. The van der Waals surface area contributed by atoms with Crippen molar-refractivity contribution in [2.45, 2.75) is 13.0 Å². The topological polar surface area (TPSA) is 51.2 Å². The fourth-order valence-electron chi connectivity index (χ4n) is 2.47. The van der Waals surface area contributed by atoms with Gasteiger partial charge in [-0.1, -0.05) is 30.3 Å². The second kappa shape index (κ2) is 8.76. The van der Waals surface area contributed by atoms with E-state index in [4.69, 9.17) is 4.74 Å². The number of hydrogen-bond acceptors (Lipinski definition) is 3. The maximum atomic E-state index is 12.9. The molecular formula is C22H19FN2O2. The highest BCUT2D eigenvalue weighted by atomic mass is 19.1. The SMILES string of the molecule is C[C@H](NC(=O)C=Cc1ccc(F)cc1)c1cccc(Oc2ccccn2)c1. The summed E-state index contributed by atoms with van der Waals surface area (Å²) < 4.78 is 18.6. The molecule has 136 valence electrons. The smallest absolute Gasteiger partial charge is 0.244 e. The molecule has 3 aromatic rings. The van der Waals surface area contributed by atoms with E-state index >= 15 is 0 Å². The number of pyridine rings is 1. The van der Waals surface area contributed by atoms with Gasteiger partial charge in [-0.05, 0) is 54.5 Å². The first kappa shape index (κ1) is 18.3. The number of amides is 1. The molecule has 1 aromatic heterocycles. The number of hydrogen-bond donors (Lipinski definition) is 1. The Labute approximate surface area is 157 Å². The van der Waals surface area contributed by atoms with E-state index in [2.05, 4.69) is 10.3 Å². The Hall–Kier alpha value is -3.47. The van der Waals surface area contributed by atoms with Crippen LogP contribution in [-0.4, -0.2) is 10.9 Å². The van der Waals surface area contributed by atoms with Crippen LogP contribution in [0.5, 0.6) is 11.6 Å². The molecule has 0 saturated carbocycles. The van der Waals surface area contributed by atoms with E-state index in [1.54, 1.807) is 30.5 Å². The van der Waals surface area contributed by atoms with Gasteiger partial charge in [0.1, 0.15) is 11.6 Å². The van der Waals surface area contributed by atoms with Crippen molar-refractivity contribution in [3.63, 3.8) is 0 Å². The van der Waals surface area contributed by atoms with Gasteiger partial charge < -0.3 is 10.1 Å². The number of halogens is 1. The minimum atomic E-state index is -0.307. The summed E-state index contributed by atoms with van der Waals surface area (Å²) in [4.78, 5) is 16.3. The third-order valence-electron chi connectivity index (χ3n) is 3.87. The van der Waals surface area contributed by atoms with Crippen molar-refractivity contribution in [3.05, 3.63) is 95.9 Å². The predicted octanol–water partition coefficient (Wildman–Crippen LogP) is 4.90. The number of aromatic nitrogens is 1. The fraction of sp³-hybridized carbons (Fsp3) is 0.0909. The van der Waals surface area contributed by atoms with Crippen LogP contribution in [0.2, 0.25) is 0 Å². The van der Waals surface area contributed by atoms with Crippen molar-refractivity contribution < 1.29 is 13.9 Å². The average Bonchev–Trinajstić information content (AvgIpc) is 2.68. The van der Waals surface area contributed by atoms with Crippen LogP contribution in [0, 0.1) is 5.82 Å². The predicted molar refractivity (Wildman–Crippen MR) is 103 cm³/mol. The lowest BCUT2D eigenvalue weighted by Crippen LogP contribution is -2.24. The van der Waals surface area contributed by atoms with Crippen molar-refractivity contribution in [3.8, 4) is 11.6 Å². The number of ether oxygens (including phenoxy) is 1. The van der Waals surface area contributed by atoms with Gasteiger partial charge in [0, 0.05) is 18.3 Å². The second-order valence-corrected chi connectivity index (χ2v) is 5.96. The van der Waals surface area contributed by atoms with Gasteiger partial charge in [0.15, 0.2) is 0 Å². The van der Waals surface area contributed by atoms with Gasteiger partial charge in [0.2, 0.25) is 11.8 Å². The summed E-state index contributed by atoms with van der Waals surface area (Å²) in [5.41, 5.74) is 1.66. The van der Waals surface area contributed by atoms with Gasteiger partial charge in [0.25, 0.3) is 0 Å². The Morgan fingerprint density at radius 2 is 1.93 bits per heavy atom. The third-order valence-corrected chi connectivity index (χ3v) is 3.87. The Balaban J connectivity index is 1.61. The second-order valence-electron chi connectivity index (χ2n) is 5.96. The molecule has 0 unspecified atom stereocenters. The number of nitrogens with zero attached hydrogens (tertiary/aromatic N) is 1. The molecule has 1 heterocycles. The first-order chi connectivity index (χ1) is 13.1. The lowest BCUT2D eigenvalue weighted by atomic mass is 10.1. The van der Waals surface area contributed by atoms with Crippen LogP contribution >= 0.6 is 0 Å². The molecule has 3 rings (SSSR count). The zero-order valence-electron chi connectivity index (χ0n) is 14.8. The van der Waals surface area contributed by atoms with Crippen LogP contribution in [0.1, 0.15) is 24.1 Å². The van der Waals surface area contributed by atoms with Crippen molar-refractivity contribution in [2.75, 3.05) is 0 Å². The first-order valence-electron chi connectivity index (χ1n) is 8.53. The molecule has 4 nitrogen and oxygen atoms in total. The van der Waals surface area contributed by atoms with Gasteiger partial charge in [0.05, 0.1) is 6.04 Å². The first-order valence-corrected chi connectivity index (χ1v) is 8.53. The van der Waals surface area contributed by atoms with Crippen molar-refractivity contribution in [1.29, 1.82) is 0 Å². The van der Waals surface area contributed by atoms with Crippen molar-refractivity contribution in [1.82, 2.24) is 10.3 Å². The van der Waals surface area contributed by atoms with Crippen molar-refractivity contribution in [2.24, 2.45) is 0 Å². The van der Waals surface area contributed by atoms with E-state index < -0.39 is 0 Å². The Kier molecular flexibility index (Phi) is 5.94. The normalized spacial score (nSPS) is 11.9. The van der Waals surface area contributed by atoms with Gasteiger partial charge in [-0.25, -0.2) is 9.37 Å². The van der Waals surface area contributed by atoms with Gasteiger partial charge >= 0.3 is 0 Å². The molecule has 0 aliphatic heterocycles. The molecule has 1 atom stereocenters. The molecule has 2 aromatic carbocycles. The zero-order chi connectivity index (χ0) is 19.1. The highest BCUT2D eigenvalue weighted by Crippen LogP contribution is 2.23. The van der Waals surface area contributed by atoms with Crippen LogP contribution in [-0.2, 0) is 4.79 Å². The van der Waals surface area contributed by atoms with E-state index in [1.165, 1.54) is 18.2 Å². The number of carbonyl (C=O) groups excluding carboxylic acids is 1. The molecule has 0 aliphatic rings. The van der Waals surface area contributed by atoms with Crippen LogP contribution in [0.15, 0.2) is 79.0 Å². The highest BCUT2D eigenvalue weighted by molar-refractivity contribution is 5.91. The number of rotatable bonds is 6. The molecule has 5 heteroatoms. The molecular weight excluding hydrogens is 343 g/mol. The summed E-state index contributed by atoms with van der Waals surface area (Å²) in [6.07, 6.45) is 4.73. The van der Waals surface area contributed by atoms with Gasteiger partial charge in [-0.3, -0.25) is 4.79 Å². The Bertz CT molecular complexity index is 925. The lowest BCUT2D eigenvalue weighted by molar-refractivity contribution is -0.117. The zero-order valence-corrected chi connectivity index (χ0v) is 14.8. The molecule has 0 spiro atoms. The standard InChI is InChI=1S/C22H19FN2O2/c1-16(25-21(26)13-10-17-8-11-19(23)12-9-17)18-5-4-6-20(15-18)27-22-7-2-3-14-24-22/h2-16H,1H3,(H,25,26)/t16-/m0/s1. The summed E-state index contributed by atoms with van der Waals surface area (Å²) in [5, 5.41) is 2.90. The lowest BCUT2D eigenvalue weighted by Gasteiger charge is -2.14. The van der Waals surface area contributed by atoms with Crippen LogP contribution in [0.4, 0.5) is 4.39 Å². The largest absolute Gasteiger partial charge is 0.439 e. The number of benzene rings is 2. The van der Waals surface area contributed by atoms with Crippen LogP contribution < -0.4 is 10.1 Å². The molecule has 0 aliphatic carbocycles. The maximum absolute atomic E-state index is 12.9. The van der Waals surface area contributed by atoms with E-state index in [-0.39, 0.29) is 17.8 Å². The molecule has 0 saturated heterocycles. The summed E-state index contributed by atoms with van der Waals surface area (Å²) in [6.45, 7) is 1.89. The quantitative estimate of drug-likeness (QED) is 0.634.